The van der Waals surface area contributed by atoms with Gasteiger partial charge in [-0.15, -0.1) is 11.8 Å². The molecule has 0 saturated heterocycles. The lowest BCUT2D eigenvalue weighted by molar-refractivity contribution is 0.213. The van der Waals surface area contributed by atoms with Crippen molar-refractivity contribution in [2.45, 2.75) is 24.3 Å². The van der Waals surface area contributed by atoms with Crippen molar-refractivity contribution >= 4 is 11.8 Å². The van der Waals surface area contributed by atoms with E-state index < -0.39 is 5.54 Å². The Hall–Kier alpha value is -1.29. The van der Waals surface area contributed by atoms with E-state index in [-0.39, 0.29) is 6.61 Å². The Morgan fingerprint density at radius 3 is 2.45 bits per heavy atom. The number of nitrogens with two attached hydrogens (primary N) is 1. The summed E-state index contributed by atoms with van der Waals surface area (Å²) in [5.74, 6) is 0.651. The van der Waals surface area contributed by atoms with E-state index in [9.17, 15) is 5.11 Å². The first-order valence-electron chi connectivity index (χ1n) is 6.70. The molecule has 0 radical (unpaired) electrons. The van der Waals surface area contributed by atoms with Gasteiger partial charge in [0.05, 0.1) is 12.1 Å². The van der Waals surface area contributed by atoms with Gasteiger partial charge >= 0.3 is 0 Å². The molecule has 0 amide bonds. The van der Waals surface area contributed by atoms with Gasteiger partial charge < -0.3 is 10.8 Å². The smallest absolute Gasteiger partial charge is 0.0739 e. The van der Waals surface area contributed by atoms with E-state index in [1.807, 2.05) is 30.3 Å². The normalized spacial score (nSPS) is 14.0. The molecule has 2 nitrogen and oxygen atoms in total. The van der Waals surface area contributed by atoms with Crippen LogP contribution in [-0.2, 0) is 5.54 Å². The lowest BCUT2D eigenvalue weighted by Gasteiger charge is -2.27. The van der Waals surface area contributed by atoms with Crippen molar-refractivity contribution in [1.29, 1.82) is 0 Å². The largest absolute Gasteiger partial charge is 0.394 e. The highest BCUT2D eigenvalue weighted by molar-refractivity contribution is 7.99. The molecule has 0 aliphatic carbocycles. The summed E-state index contributed by atoms with van der Waals surface area (Å²) in [7, 11) is 0. The Morgan fingerprint density at radius 1 is 1.10 bits per heavy atom. The van der Waals surface area contributed by atoms with Gasteiger partial charge in [-0.2, -0.15) is 0 Å². The van der Waals surface area contributed by atoms with Crippen molar-refractivity contribution in [3.63, 3.8) is 0 Å². The van der Waals surface area contributed by atoms with E-state index in [0.29, 0.717) is 5.75 Å². The van der Waals surface area contributed by atoms with Gasteiger partial charge in [0.25, 0.3) is 0 Å². The molecule has 0 spiro atoms. The molecule has 2 aromatic carbocycles. The average molecular weight is 287 g/mol. The molecule has 3 heteroatoms. The molecular formula is C17H21NOS. The predicted octanol–water partition coefficient (Wildman–Crippen LogP) is 3.24. The first-order valence-corrected chi connectivity index (χ1v) is 7.69. The Morgan fingerprint density at radius 2 is 1.80 bits per heavy atom. The lowest BCUT2D eigenvalue weighted by Crippen LogP contribution is -2.43. The topological polar surface area (TPSA) is 46.2 Å². The van der Waals surface area contributed by atoms with E-state index >= 15 is 0 Å². The van der Waals surface area contributed by atoms with Gasteiger partial charge in [-0.25, -0.2) is 0 Å². The standard InChI is InChI=1S/C17H21NOS/c1-13-8-9-14(2)16(10-13)20-12-17(18,11-19)15-6-4-3-5-7-15/h3-10,19H,11-12,18H2,1-2H3. The molecule has 0 fully saturated rings. The molecule has 106 valence electrons. The van der Waals surface area contributed by atoms with Gasteiger partial charge in [0.2, 0.25) is 0 Å². The monoisotopic (exact) mass is 287 g/mol. The summed E-state index contributed by atoms with van der Waals surface area (Å²) in [5.41, 5.74) is 9.13. The van der Waals surface area contributed by atoms with Gasteiger partial charge in [0.15, 0.2) is 0 Å². The molecule has 0 aliphatic rings. The minimum Gasteiger partial charge on any atom is -0.394 e. The molecule has 2 aromatic rings. The van der Waals surface area contributed by atoms with Crippen LogP contribution in [0.4, 0.5) is 0 Å². The molecule has 3 N–H and O–H groups in total. The van der Waals surface area contributed by atoms with Crippen molar-refractivity contribution in [2.24, 2.45) is 5.73 Å². The van der Waals surface area contributed by atoms with Gasteiger partial charge in [-0.05, 0) is 31.0 Å². The van der Waals surface area contributed by atoms with Crippen LogP contribution in [0, 0.1) is 13.8 Å². The zero-order valence-corrected chi connectivity index (χ0v) is 12.8. The number of hydrogen-bond donors (Lipinski definition) is 2. The fraction of sp³-hybridized carbons (Fsp3) is 0.294. The summed E-state index contributed by atoms with van der Waals surface area (Å²) < 4.78 is 0. The van der Waals surface area contributed by atoms with Crippen molar-refractivity contribution < 1.29 is 5.11 Å². The third kappa shape index (κ3) is 3.42. The number of hydrogen-bond acceptors (Lipinski definition) is 3. The summed E-state index contributed by atoms with van der Waals surface area (Å²) >= 11 is 1.70. The van der Waals surface area contributed by atoms with E-state index in [1.54, 1.807) is 11.8 Å². The summed E-state index contributed by atoms with van der Waals surface area (Å²) in [6.07, 6.45) is 0. The molecule has 0 aromatic heterocycles. The molecule has 0 heterocycles. The summed E-state index contributed by atoms with van der Waals surface area (Å²) in [6.45, 7) is 4.12. The van der Waals surface area contributed by atoms with Gasteiger partial charge in [0.1, 0.15) is 0 Å². The van der Waals surface area contributed by atoms with Crippen LogP contribution in [0.25, 0.3) is 0 Å². The van der Waals surface area contributed by atoms with Crippen molar-refractivity contribution in [2.75, 3.05) is 12.4 Å². The van der Waals surface area contributed by atoms with E-state index in [1.165, 1.54) is 16.0 Å². The van der Waals surface area contributed by atoms with Crippen LogP contribution in [0.5, 0.6) is 0 Å². The maximum absolute atomic E-state index is 9.70. The second-order valence-electron chi connectivity index (χ2n) is 5.24. The lowest BCUT2D eigenvalue weighted by atomic mass is 9.94. The van der Waals surface area contributed by atoms with E-state index in [0.717, 1.165) is 5.56 Å². The third-order valence-electron chi connectivity index (χ3n) is 3.46. The minimum absolute atomic E-state index is 0.0606. The van der Waals surface area contributed by atoms with Crippen LogP contribution in [0.3, 0.4) is 0 Å². The van der Waals surface area contributed by atoms with Gasteiger partial charge in [-0.3, -0.25) is 0 Å². The molecule has 1 unspecified atom stereocenters. The minimum atomic E-state index is -0.706. The third-order valence-corrected chi connectivity index (χ3v) is 4.87. The number of rotatable bonds is 5. The van der Waals surface area contributed by atoms with Crippen molar-refractivity contribution in [3.8, 4) is 0 Å². The molecule has 0 saturated carbocycles. The summed E-state index contributed by atoms with van der Waals surface area (Å²) in [5, 5.41) is 9.70. The second-order valence-corrected chi connectivity index (χ2v) is 6.26. The Balaban J connectivity index is 2.17. The highest BCUT2D eigenvalue weighted by Crippen LogP contribution is 2.30. The van der Waals surface area contributed by atoms with Crippen LogP contribution < -0.4 is 5.73 Å². The Labute approximate surface area is 125 Å². The highest BCUT2D eigenvalue weighted by Gasteiger charge is 2.26. The SMILES string of the molecule is Cc1ccc(C)c(SCC(N)(CO)c2ccccc2)c1. The van der Waals surface area contributed by atoms with Crippen LogP contribution in [0.15, 0.2) is 53.4 Å². The molecule has 0 aliphatic heterocycles. The first-order chi connectivity index (χ1) is 9.55. The Bertz CT molecular complexity index is 570. The van der Waals surface area contributed by atoms with E-state index in [4.69, 9.17) is 5.73 Å². The van der Waals surface area contributed by atoms with Crippen LogP contribution >= 0.6 is 11.8 Å². The zero-order valence-electron chi connectivity index (χ0n) is 12.0. The Kier molecular flexibility index (Phi) is 4.86. The zero-order chi connectivity index (χ0) is 14.6. The number of thioether (sulfide) groups is 1. The van der Waals surface area contributed by atoms with Crippen LogP contribution in [-0.4, -0.2) is 17.5 Å². The quantitative estimate of drug-likeness (QED) is 0.830. The predicted molar refractivity (Wildman–Crippen MR) is 86.0 cm³/mol. The van der Waals surface area contributed by atoms with Crippen LogP contribution in [0.1, 0.15) is 16.7 Å². The highest BCUT2D eigenvalue weighted by atomic mass is 32.2. The number of aryl methyl sites for hydroxylation is 2. The molecule has 0 bridgehead atoms. The number of aliphatic hydroxyl groups is 1. The maximum Gasteiger partial charge on any atom is 0.0739 e. The second kappa shape index (κ2) is 6.44. The van der Waals surface area contributed by atoms with Crippen LogP contribution in [0.2, 0.25) is 0 Å². The molecule has 1 atom stereocenters. The van der Waals surface area contributed by atoms with Gasteiger partial charge in [0, 0.05) is 10.6 Å². The molecule has 2 rings (SSSR count). The number of benzene rings is 2. The fourth-order valence-electron chi connectivity index (χ4n) is 2.06. The molecule has 20 heavy (non-hydrogen) atoms. The summed E-state index contributed by atoms with van der Waals surface area (Å²) in [4.78, 5) is 1.23. The van der Waals surface area contributed by atoms with E-state index in [2.05, 4.69) is 32.0 Å². The fourth-order valence-corrected chi connectivity index (χ4v) is 3.30. The summed E-state index contributed by atoms with van der Waals surface area (Å²) in [6, 6.07) is 16.2. The van der Waals surface area contributed by atoms with Gasteiger partial charge in [-0.1, -0.05) is 48.0 Å². The van der Waals surface area contributed by atoms with Crippen molar-refractivity contribution in [1.82, 2.24) is 0 Å². The number of aliphatic hydroxyl groups excluding tert-OH is 1. The molecular weight excluding hydrogens is 266 g/mol. The maximum atomic E-state index is 9.70. The first kappa shape index (κ1) is 15.1. The average Bonchev–Trinajstić information content (AvgIpc) is 2.49. The van der Waals surface area contributed by atoms with Crippen molar-refractivity contribution in [3.05, 3.63) is 65.2 Å².